The first kappa shape index (κ1) is 75.2. The van der Waals surface area contributed by atoms with Gasteiger partial charge < -0.3 is 95.1 Å². The van der Waals surface area contributed by atoms with Gasteiger partial charge in [-0.25, -0.2) is 28.8 Å². The van der Waals surface area contributed by atoms with Gasteiger partial charge in [0.2, 0.25) is 0 Å². The SMILES string of the molecule is COc1ccc(C(=O)OC[C@H]2O[C@@H](OC[C@H]3O[C@H](O)[C@H](OC(=O)c4ccccc4)[C@H](OC(=O)c4ccccc4)[C@@H]3O[C@@H]3O[C@H](COC(C)=O)[C@@H](OC(C)=O)[C@H](OC(C)=O)[C@H]3OC(C)=O)[C@H](OC(=O)c3ccc(OC)cc3)[C@@H](OC(=O)c3ccc(OC)cc3)[C@@H]2OC(=O)c2ccc(OC)cc2)cc1. The zero-order valence-electron chi connectivity index (χ0n) is 56.1. The molecule has 3 heterocycles. The third kappa shape index (κ3) is 19.5. The molecule has 3 fully saturated rings. The number of esters is 10. The third-order valence-electron chi connectivity index (χ3n) is 15.8. The molecule has 0 aromatic heterocycles. The van der Waals surface area contributed by atoms with Gasteiger partial charge in [0.05, 0.1) is 68.4 Å². The van der Waals surface area contributed by atoms with Crippen LogP contribution in [0.15, 0.2) is 158 Å². The summed E-state index contributed by atoms with van der Waals surface area (Å²) in [5.41, 5.74) is -0.572. The number of carbonyl (C=O) groups is 10. The lowest BCUT2D eigenvalue weighted by molar-refractivity contribution is -0.362. The maximum atomic E-state index is 14.8. The lowest BCUT2D eigenvalue weighted by atomic mass is 9.95. The van der Waals surface area contributed by atoms with E-state index in [1.807, 2.05) is 0 Å². The molecule has 6 aromatic rings. The van der Waals surface area contributed by atoms with E-state index in [4.69, 9.17) is 90.0 Å². The Bertz CT molecular complexity index is 3870. The molecule has 0 saturated carbocycles. The van der Waals surface area contributed by atoms with Gasteiger partial charge >= 0.3 is 59.7 Å². The van der Waals surface area contributed by atoms with Crippen LogP contribution in [-0.4, -0.2) is 205 Å². The Kier molecular flexibility index (Phi) is 26.1. The molecule has 0 spiro atoms. The summed E-state index contributed by atoms with van der Waals surface area (Å²) in [6.45, 7) is 1.27. The molecule has 540 valence electrons. The van der Waals surface area contributed by atoms with Crippen molar-refractivity contribution >= 4 is 59.7 Å². The van der Waals surface area contributed by atoms with Crippen molar-refractivity contribution in [2.75, 3.05) is 48.3 Å². The zero-order valence-corrected chi connectivity index (χ0v) is 56.1. The molecule has 1 N–H and O–H groups in total. The highest BCUT2D eigenvalue weighted by Gasteiger charge is 2.59. The van der Waals surface area contributed by atoms with E-state index in [2.05, 4.69) is 0 Å². The van der Waals surface area contributed by atoms with Crippen LogP contribution in [0, 0.1) is 0 Å². The van der Waals surface area contributed by atoms with E-state index in [0.717, 1.165) is 27.7 Å². The van der Waals surface area contributed by atoms with Crippen molar-refractivity contribution in [1.29, 1.82) is 0 Å². The number of carbonyl (C=O) groups excluding carboxylic acids is 10. The van der Waals surface area contributed by atoms with Crippen LogP contribution in [0.1, 0.15) is 89.8 Å². The van der Waals surface area contributed by atoms with Crippen LogP contribution < -0.4 is 18.9 Å². The predicted molar refractivity (Wildman–Crippen MR) is 343 cm³/mol. The van der Waals surface area contributed by atoms with E-state index in [0.29, 0.717) is 23.0 Å². The average Bonchev–Trinajstić information content (AvgIpc) is 0.769. The van der Waals surface area contributed by atoms with E-state index in [1.54, 1.807) is 12.1 Å². The van der Waals surface area contributed by atoms with E-state index < -0.39 is 172 Å². The highest BCUT2D eigenvalue weighted by molar-refractivity contribution is 5.93. The number of hydrogen-bond acceptors (Lipinski definition) is 30. The summed E-state index contributed by atoms with van der Waals surface area (Å²) >= 11 is 0. The van der Waals surface area contributed by atoms with Crippen LogP contribution in [0.2, 0.25) is 0 Å². The Morgan fingerprint density at radius 3 is 1.02 bits per heavy atom. The minimum atomic E-state index is -2.35. The van der Waals surface area contributed by atoms with Gasteiger partial charge in [0.1, 0.15) is 60.6 Å². The minimum Gasteiger partial charge on any atom is -0.497 e. The molecule has 15 atom stereocenters. The fourth-order valence-corrected chi connectivity index (χ4v) is 10.9. The molecular weight excluding hydrogens is 1340 g/mol. The largest absolute Gasteiger partial charge is 0.497 e. The van der Waals surface area contributed by atoms with Gasteiger partial charge in [0.15, 0.2) is 67.7 Å². The summed E-state index contributed by atoms with van der Waals surface area (Å²) in [4.78, 5) is 139. The monoisotopic (exact) mass is 1420 g/mol. The number of hydrogen-bond donors (Lipinski definition) is 1. The maximum Gasteiger partial charge on any atom is 0.338 e. The highest BCUT2D eigenvalue weighted by Crippen LogP contribution is 2.38. The zero-order chi connectivity index (χ0) is 73.1. The number of aliphatic hydroxyl groups is 1. The van der Waals surface area contributed by atoms with Crippen molar-refractivity contribution < 1.29 is 143 Å². The van der Waals surface area contributed by atoms with Crippen LogP contribution in [0.3, 0.4) is 0 Å². The smallest absolute Gasteiger partial charge is 0.338 e. The number of benzene rings is 6. The molecule has 0 unspecified atom stereocenters. The van der Waals surface area contributed by atoms with Crippen molar-refractivity contribution in [1.82, 2.24) is 0 Å². The first-order chi connectivity index (χ1) is 49.0. The van der Waals surface area contributed by atoms with Gasteiger partial charge in [-0.3, -0.25) is 19.2 Å². The summed E-state index contributed by atoms with van der Waals surface area (Å²) in [6.07, 6.45) is -30.2. The fraction of sp³-hybridized carbons (Fsp3) is 0.361. The normalized spacial score (nSPS) is 24.3. The Balaban J connectivity index is 1.21. The van der Waals surface area contributed by atoms with Crippen molar-refractivity contribution in [3.8, 4) is 23.0 Å². The lowest BCUT2D eigenvalue weighted by Gasteiger charge is -2.48. The summed E-state index contributed by atoms with van der Waals surface area (Å²) in [6, 6.07) is 37.0. The molecule has 3 saturated heterocycles. The van der Waals surface area contributed by atoms with Crippen LogP contribution in [0.25, 0.3) is 0 Å². The van der Waals surface area contributed by atoms with Gasteiger partial charge in [-0.2, -0.15) is 0 Å². The summed E-state index contributed by atoms with van der Waals surface area (Å²) in [5.74, 6) is -9.19. The standard InChI is InChI=1S/C72H72O30/c1-38(73)88-35-53-55(91-39(2)74)59(92-40(3)75)63(93-41(4)76)72(96-53)102-57-52(94-70(83)61(100-66(79)43-17-13-10-14-18-43)58(57)98-65(78)42-15-11-9-12-16-42)37-90-71-62(101-69(82)47-25-33-51(87-8)34-26-47)60(99-68(81)46-23-31-50(86-7)32-24-46)56(97-67(80)45-21-29-49(85-6)30-22-45)54(95-71)36-89-64(77)44-19-27-48(84-5)28-20-44/h9-34,52-63,70-72,83H,35-37H2,1-8H3/t52-,53-,54-,55-,56-,57-,58-,59+,60+,61-,62-,63-,70+,71-,72+/m1/s1. The highest BCUT2D eigenvalue weighted by atomic mass is 16.8. The summed E-state index contributed by atoms with van der Waals surface area (Å²) in [5, 5.41) is 12.3. The molecule has 0 radical (unpaired) electrons. The Labute approximate surface area is 582 Å². The number of aliphatic hydroxyl groups excluding tert-OH is 1. The van der Waals surface area contributed by atoms with E-state index in [9.17, 15) is 53.1 Å². The first-order valence-electron chi connectivity index (χ1n) is 31.5. The fourth-order valence-electron chi connectivity index (χ4n) is 10.9. The van der Waals surface area contributed by atoms with E-state index in [1.165, 1.54) is 174 Å². The lowest BCUT2D eigenvalue weighted by Crippen LogP contribution is -2.67. The molecular formula is C72H72O30. The van der Waals surface area contributed by atoms with Gasteiger partial charge in [-0.15, -0.1) is 0 Å². The molecule has 3 aliphatic heterocycles. The van der Waals surface area contributed by atoms with Crippen molar-refractivity contribution in [2.45, 2.75) is 120 Å². The van der Waals surface area contributed by atoms with Gasteiger partial charge in [0.25, 0.3) is 0 Å². The molecule has 0 amide bonds. The number of rotatable bonds is 27. The Morgan fingerprint density at radius 1 is 0.304 bits per heavy atom. The quantitative estimate of drug-likeness (QED) is 0.0461. The maximum absolute atomic E-state index is 14.8. The van der Waals surface area contributed by atoms with Crippen molar-refractivity contribution in [3.63, 3.8) is 0 Å². The molecule has 30 nitrogen and oxygen atoms in total. The third-order valence-corrected chi connectivity index (χ3v) is 15.8. The second-order valence-electron chi connectivity index (χ2n) is 22.7. The molecule has 0 aliphatic carbocycles. The topological polar surface area (TPSA) is 366 Å². The molecule has 30 heteroatoms. The van der Waals surface area contributed by atoms with Gasteiger partial charge in [-0.05, 0) is 121 Å². The van der Waals surface area contributed by atoms with Gasteiger partial charge in [-0.1, -0.05) is 36.4 Å². The average molecular weight is 1420 g/mol. The molecule has 6 aromatic carbocycles. The van der Waals surface area contributed by atoms with Crippen LogP contribution in [0.4, 0.5) is 0 Å². The van der Waals surface area contributed by atoms with E-state index >= 15 is 0 Å². The summed E-state index contributed by atoms with van der Waals surface area (Å²) in [7, 11) is 5.59. The van der Waals surface area contributed by atoms with E-state index in [-0.39, 0.29) is 33.4 Å². The van der Waals surface area contributed by atoms with Gasteiger partial charge in [0, 0.05) is 27.7 Å². The van der Waals surface area contributed by atoms with Crippen molar-refractivity contribution in [2.24, 2.45) is 0 Å². The Morgan fingerprint density at radius 2 is 0.608 bits per heavy atom. The minimum absolute atomic E-state index is 0.00838. The van der Waals surface area contributed by atoms with Crippen LogP contribution in [-0.2, 0) is 90.2 Å². The van der Waals surface area contributed by atoms with Crippen LogP contribution >= 0.6 is 0 Å². The number of ether oxygens (including phenoxy) is 19. The predicted octanol–water partition coefficient (Wildman–Crippen LogP) is 5.93. The van der Waals surface area contributed by atoms with Crippen LogP contribution in [0.5, 0.6) is 23.0 Å². The second-order valence-corrected chi connectivity index (χ2v) is 22.7. The first-order valence-corrected chi connectivity index (χ1v) is 31.5. The second kappa shape index (κ2) is 35.3. The van der Waals surface area contributed by atoms with Crippen molar-refractivity contribution in [3.05, 3.63) is 191 Å². The molecule has 0 bridgehead atoms. The molecule has 3 aliphatic rings. The molecule has 102 heavy (non-hydrogen) atoms. The Hall–Kier alpha value is -11.0. The molecule has 9 rings (SSSR count). The summed E-state index contributed by atoms with van der Waals surface area (Å²) < 4.78 is 113. The number of methoxy groups -OCH3 is 4.